The Morgan fingerprint density at radius 2 is 2.17 bits per heavy atom. The Balaban J connectivity index is 0.00000264. The van der Waals surface area contributed by atoms with E-state index in [-0.39, 0.29) is 35.8 Å². The number of sulfonamides is 1. The van der Waals surface area contributed by atoms with Crippen molar-refractivity contribution in [1.82, 2.24) is 14.9 Å². The smallest absolute Gasteiger partial charge is 0.240 e. The topological polar surface area (TPSA) is 78.5 Å². The molecule has 0 spiro atoms. The molecule has 1 fully saturated rings. The van der Waals surface area contributed by atoms with Gasteiger partial charge in [-0.3, -0.25) is 4.79 Å². The Bertz CT molecular complexity index is 642. The van der Waals surface area contributed by atoms with Crippen LogP contribution >= 0.6 is 12.4 Å². The monoisotopic (exact) mass is 365 g/mol. The number of hydrogen-bond acceptors (Lipinski definition) is 4. The van der Waals surface area contributed by atoms with Crippen LogP contribution in [-0.2, 0) is 14.8 Å². The highest BCUT2D eigenvalue weighted by atomic mass is 35.5. The van der Waals surface area contributed by atoms with Crippen molar-refractivity contribution in [3.05, 3.63) is 30.1 Å². The van der Waals surface area contributed by atoms with E-state index < -0.39 is 15.8 Å². The second-order valence-electron chi connectivity index (χ2n) is 5.29. The van der Waals surface area contributed by atoms with Crippen LogP contribution in [0.5, 0.6) is 0 Å². The molecule has 1 aromatic rings. The molecule has 6 nitrogen and oxygen atoms in total. The summed E-state index contributed by atoms with van der Waals surface area (Å²) in [6.07, 6.45) is 1.38. The number of amides is 1. The fraction of sp³-hybridized carbons (Fsp3) is 0.500. The molecule has 0 aliphatic carbocycles. The molecule has 1 heterocycles. The van der Waals surface area contributed by atoms with Crippen LogP contribution in [0.1, 0.15) is 12.8 Å². The number of rotatable bonds is 5. The van der Waals surface area contributed by atoms with E-state index in [4.69, 9.17) is 0 Å². The molecule has 1 atom stereocenters. The van der Waals surface area contributed by atoms with E-state index in [0.717, 1.165) is 12.5 Å². The fourth-order valence-electron chi connectivity index (χ4n) is 2.48. The van der Waals surface area contributed by atoms with Crippen molar-refractivity contribution in [2.45, 2.75) is 23.8 Å². The molecule has 0 bridgehead atoms. The summed E-state index contributed by atoms with van der Waals surface area (Å²) >= 11 is 0. The first-order valence-electron chi connectivity index (χ1n) is 7.12. The fourth-order valence-corrected chi connectivity index (χ4v) is 3.78. The van der Waals surface area contributed by atoms with Gasteiger partial charge >= 0.3 is 0 Å². The lowest BCUT2D eigenvalue weighted by molar-refractivity contribution is -0.131. The molecule has 130 valence electrons. The second-order valence-corrected chi connectivity index (χ2v) is 7.00. The zero-order chi connectivity index (χ0) is 16.2. The standard InChI is InChI=1S/C14H20FN3O3S.ClH/c1-16-9-14(19)18-7-3-5-12(10-18)17-22(20,21)13-6-2-4-11(15)8-13;/h2,4,6,8,12,16-17H,3,5,7,9-10H2,1H3;1H. The normalized spacial score (nSPS) is 18.3. The molecule has 2 N–H and O–H groups in total. The van der Waals surface area contributed by atoms with Crippen molar-refractivity contribution in [1.29, 1.82) is 0 Å². The van der Waals surface area contributed by atoms with Gasteiger partial charge in [-0.15, -0.1) is 12.4 Å². The molecule has 1 saturated heterocycles. The van der Waals surface area contributed by atoms with Crippen LogP contribution in [0, 0.1) is 5.82 Å². The van der Waals surface area contributed by atoms with Gasteiger partial charge < -0.3 is 10.2 Å². The van der Waals surface area contributed by atoms with E-state index in [9.17, 15) is 17.6 Å². The van der Waals surface area contributed by atoms with Crippen LogP contribution in [0.25, 0.3) is 0 Å². The number of likely N-dealkylation sites (tertiary alicyclic amines) is 1. The lowest BCUT2D eigenvalue weighted by Gasteiger charge is -2.33. The summed E-state index contributed by atoms with van der Waals surface area (Å²) in [5, 5.41) is 2.79. The number of halogens is 2. The third-order valence-electron chi connectivity index (χ3n) is 3.53. The number of piperidine rings is 1. The van der Waals surface area contributed by atoms with E-state index in [2.05, 4.69) is 10.0 Å². The minimum absolute atomic E-state index is 0. The summed E-state index contributed by atoms with van der Waals surface area (Å²) in [6.45, 7) is 1.18. The first kappa shape index (κ1) is 19.8. The van der Waals surface area contributed by atoms with Crippen molar-refractivity contribution < 1.29 is 17.6 Å². The van der Waals surface area contributed by atoms with E-state index in [1.54, 1.807) is 11.9 Å². The minimum Gasteiger partial charge on any atom is -0.340 e. The van der Waals surface area contributed by atoms with Gasteiger partial charge in [-0.05, 0) is 38.1 Å². The number of carbonyl (C=O) groups is 1. The van der Waals surface area contributed by atoms with Gasteiger partial charge in [0, 0.05) is 19.1 Å². The van der Waals surface area contributed by atoms with Gasteiger partial charge in [0.25, 0.3) is 0 Å². The summed E-state index contributed by atoms with van der Waals surface area (Å²) in [5.41, 5.74) is 0. The van der Waals surface area contributed by atoms with Crippen LogP contribution < -0.4 is 10.0 Å². The van der Waals surface area contributed by atoms with E-state index in [0.29, 0.717) is 19.5 Å². The van der Waals surface area contributed by atoms with Crippen LogP contribution in [0.3, 0.4) is 0 Å². The molecule has 0 saturated carbocycles. The maximum Gasteiger partial charge on any atom is 0.240 e. The van der Waals surface area contributed by atoms with Gasteiger partial charge in [0.1, 0.15) is 5.82 Å². The van der Waals surface area contributed by atoms with Gasteiger partial charge in [-0.2, -0.15) is 0 Å². The number of benzene rings is 1. The van der Waals surface area contributed by atoms with Crippen LogP contribution in [0.4, 0.5) is 4.39 Å². The maximum atomic E-state index is 13.2. The molecule has 1 aromatic carbocycles. The minimum atomic E-state index is -3.79. The van der Waals surface area contributed by atoms with Gasteiger partial charge in [0.2, 0.25) is 15.9 Å². The molecule has 23 heavy (non-hydrogen) atoms. The van der Waals surface area contributed by atoms with E-state index in [1.807, 2.05) is 0 Å². The zero-order valence-corrected chi connectivity index (χ0v) is 14.4. The largest absolute Gasteiger partial charge is 0.340 e. The molecule has 2 rings (SSSR count). The highest BCUT2D eigenvalue weighted by Crippen LogP contribution is 2.15. The highest BCUT2D eigenvalue weighted by Gasteiger charge is 2.27. The lowest BCUT2D eigenvalue weighted by Crippen LogP contribution is -2.51. The Morgan fingerprint density at radius 1 is 1.43 bits per heavy atom. The van der Waals surface area contributed by atoms with Gasteiger partial charge in [0.05, 0.1) is 11.4 Å². The molecule has 0 radical (unpaired) electrons. The molecule has 9 heteroatoms. The predicted molar refractivity (Wildman–Crippen MR) is 87.5 cm³/mol. The number of likely N-dealkylation sites (N-methyl/N-ethyl adjacent to an activating group) is 1. The molecule has 1 aliphatic heterocycles. The maximum absolute atomic E-state index is 13.2. The average molecular weight is 366 g/mol. The van der Waals surface area contributed by atoms with Crippen LogP contribution in [0.2, 0.25) is 0 Å². The van der Waals surface area contributed by atoms with Gasteiger partial charge in [-0.1, -0.05) is 6.07 Å². The number of nitrogens with one attached hydrogen (secondary N) is 2. The molecule has 1 unspecified atom stereocenters. The Kier molecular flexibility index (Phi) is 7.40. The van der Waals surface area contributed by atoms with Crippen molar-refractivity contribution in [3.63, 3.8) is 0 Å². The van der Waals surface area contributed by atoms with Crippen molar-refractivity contribution in [2.75, 3.05) is 26.7 Å². The summed E-state index contributed by atoms with van der Waals surface area (Å²) in [5.74, 6) is -0.658. The zero-order valence-electron chi connectivity index (χ0n) is 12.8. The Morgan fingerprint density at radius 3 is 2.83 bits per heavy atom. The number of nitrogens with zero attached hydrogens (tertiary/aromatic N) is 1. The predicted octanol–water partition coefficient (Wildman–Crippen LogP) is 0.736. The first-order valence-corrected chi connectivity index (χ1v) is 8.61. The third-order valence-corrected chi connectivity index (χ3v) is 5.05. The molecule has 1 amide bonds. The third kappa shape index (κ3) is 5.42. The molecular formula is C14H21ClFN3O3S. The van der Waals surface area contributed by atoms with Crippen LogP contribution in [0.15, 0.2) is 29.2 Å². The lowest BCUT2D eigenvalue weighted by atomic mass is 10.1. The first-order chi connectivity index (χ1) is 10.4. The number of hydrogen-bond donors (Lipinski definition) is 2. The SMILES string of the molecule is CNCC(=O)N1CCCC(NS(=O)(=O)c2cccc(F)c2)C1.Cl. The second kappa shape index (κ2) is 8.58. The summed E-state index contributed by atoms with van der Waals surface area (Å²) in [6, 6.07) is 4.52. The average Bonchev–Trinajstić information content (AvgIpc) is 2.47. The van der Waals surface area contributed by atoms with E-state index in [1.165, 1.54) is 18.2 Å². The summed E-state index contributed by atoms with van der Waals surface area (Å²) in [4.78, 5) is 13.4. The van der Waals surface area contributed by atoms with Gasteiger partial charge in [-0.25, -0.2) is 17.5 Å². The highest BCUT2D eigenvalue weighted by molar-refractivity contribution is 7.89. The van der Waals surface area contributed by atoms with E-state index >= 15 is 0 Å². The van der Waals surface area contributed by atoms with Crippen LogP contribution in [-0.4, -0.2) is 51.9 Å². The van der Waals surface area contributed by atoms with Crippen molar-refractivity contribution in [2.24, 2.45) is 0 Å². The number of carbonyl (C=O) groups excluding carboxylic acids is 1. The van der Waals surface area contributed by atoms with Crippen molar-refractivity contribution >= 4 is 28.3 Å². The van der Waals surface area contributed by atoms with Crippen molar-refractivity contribution in [3.8, 4) is 0 Å². The van der Waals surface area contributed by atoms with Gasteiger partial charge in [0.15, 0.2) is 0 Å². The molecule has 1 aliphatic rings. The quantitative estimate of drug-likeness (QED) is 0.806. The Hall–Kier alpha value is -1.22. The summed E-state index contributed by atoms with van der Waals surface area (Å²) in [7, 11) is -2.10. The Labute approximate surface area is 141 Å². The molecule has 0 aromatic heterocycles. The summed E-state index contributed by atoms with van der Waals surface area (Å²) < 4.78 is 40.3. The molecular weight excluding hydrogens is 345 g/mol.